The molecule has 0 saturated heterocycles. The zero-order chi connectivity index (χ0) is 13.7. The molecule has 6 nitrogen and oxygen atoms in total. The van der Waals surface area contributed by atoms with Crippen molar-refractivity contribution in [3.05, 3.63) is 41.8 Å². The molecule has 1 radical (unpaired) electrons. The van der Waals surface area contributed by atoms with E-state index in [1.165, 1.54) is 19.1 Å². The Morgan fingerprint density at radius 1 is 1.22 bits per heavy atom. The second kappa shape index (κ2) is 5.81. The second-order valence-electron chi connectivity index (χ2n) is 3.62. The van der Waals surface area contributed by atoms with Crippen molar-refractivity contribution in [2.45, 2.75) is 13.0 Å². The molecule has 0 spiro atoms. The molecule has 1 rings (SSSR count). The van der Waals surface area contributed by atoms with Gasteiger partial charge in [0.25, 0.3) is 0 Å². The van der Waals surface area contributed by atoms with E-state index in [1.807, 2.05) is 0 Å². The van der Waals surface area contributed by atoms with Gasteiger partial charge in [0.1, 0.15) is 12.0 Å². The fourth-order valence-electron chi connectivity index (χ4n) is 1.52. The maximum absolute atomic E-state index is 11.3. The number of benzene rings is 1. The van der Waals surface area contributed by atoms with Gasteiger partial charge >= 0.3 is 5.97 Å². The Morgan fingerprint density at radius 2 is 1.78 bits per heavy atom. The summed E-state index contributed by atoms with van der Waals surface area (Å²) in [6.45, 7) is 1.18. The Morgan fingerprint density at radius 3 is 2.17 bits per heavy atom. The van der Waals surface area contributed by atoms with Crippen LogP contribution < -0.4 is 11.1 Å². The van der Waals surface area contributed by atoms with Gasteiger partial charge in [0.2, 0.25) is 11.8 Å². The van der Waals surface area contributed by atoms with E-state index in [9.17, 15) is 14.4 Å². The molecule has 95 valence electrons. The first kappa shape index (κ1) is 13.7. The van der Waals surface area contributed by atoms with Crippen LogP contribution in [-0.4, -0.2) is 28.9 Å². The third-order valence-electron chi connectivity index (χ3n) is 2.24. The van der Waals surface area contributed by atoms with Gasteiger partial charge in [-0.05, 0) is 5.56 Å². The Balaban J connectivity index is 3.13. The van der Waals surface area contributed by atoms with Gasteiger partial charge in [0.15, 0.2) is 0 Å². The van der Waals surface area contributed by atoms with Crippen molar-refractivity contribution in [3.63, 3.8) is 0 Å². The Hall–Kier alpha value is -2.37. The fraction of sp³-hybridized carbons (Fsp3) is 0.167. The van der Waals surface area contributed by atoms with Crippen LogP contribution in [0.4, 0.5) is 0 Å². The Bertz CT molecular complexity index is 458. The van der Waals surface area contributed by atoms with Crippen LogP contribution in [0.3, 0.4) is 0 Å². The lowest BCUT2D eigenvalue weighted by atomic mass is 9.91. The average Bonchev–Trinajstić information content (AvgIpc) is 2.28. The van der Waals surface area contributed by atoms with E-state index in [0.29, 0.717) is 5.56 Å². The van der Waals surface area contributed by atoms with Crippen molar-refractivity contribution >= 4 is 17.8 Å². The van der Waals surface area contributed by atoms with Crippen LogP contribution in [-0.2, 0) is 14.4 Å². The number of rotatable bonds is 5. The molecule has 1 unspecified atom stereocenters. The Labute approximate surface area is 104 Å². The molecule has 0 aliphatic heterocycles. The number of aliphatic carboxylic acids is 1. The van der Waals surface area contributed by atoms with Crippen molar-refractivity contribution in [2.75, 3.05) is 0 Å². The van der Waals surface area contributed by atoms with E-state index < -0.39 is 23.8 Å². The smallest absolute Gasteiger partial charge is 0.318 e. The number of hydrogen-bond acceptors (Lipinski definition) is 3. The van der Waals surface area contributed by atoms with E-state index in [4.69, 9.17) is 10.8 Å². The SMILES string of the molecule is CC(=O)NC([C](C(=O)O)c1ccccc1)C(N)=O. The summed E-state index contributed by atoms with van der Waals surface area (Å²) >= 11 is 0. The summed E-state index contributed by atoms with van der Waals surface area (Å²) in [6, 6.07) is 6.67. The van der Waals surface area contributed by atoms with Crippen LogP contribution in [0.5, 0.6) is 0 Å². The maximum atomic E-state index is 11.3. The molecule has 0 aliphatic rings. The number of carboxylic acid groups (broad SMARTS) is 1. The molecule has 18 heavy (non-hydrogen) atoms. The van der Waals surface area contributed by atoms with E-state index in [1.54, 1.807) is 18.2 Å². The first-order valence-electron chi connectivity index (χ1n) is 5.15. The first-order valence-corrected chi connectivity index (χ1v) is 5.15. The molecule has 0 saturated carbocycles. The highest BCUT2D eigenvalue weighted by atomic mass is 16.4. The summed E-state index contributed by atoms with van der Waals surface area (Å²) in [5.74, 6) is -3.02. The van der Waals surface area contributed by atoms with E-state index >= 15 is 0 Å². The van der Waals surface area contributed by atoms with Crippen molar-refractivity contribution in [1.29, 1.82) is 0 Å². The largest absolute Gasteiger partial charge is 0.480 e. The number of carbonyl (C=O) groups is 3. The lowest BCUT2D eigenvalue weighted by Crippen LogP contribution is -2.50. The van der Waals surface area contributed by atoms with Gasteiger partial charge in [-0.2, -0.15) is 0 Å². The van der Waals surface area contributed by atoms with Crippen LogP contribution >= 0.6 is 0 Å². The Kier molecular flexibility index (Phi) is 4.42. The maximum Gasteiger partial charge on any atom is 0.318 e. The third kappa shape index (κ3) is 3.31. The summed E-state index contributed by atoms with van der Waals surface area (Å²) in [7, 11) is 0. The van der Waals surface area contributed by atoms with Crippen molar-refractivity contribution in [3.8, 4) is 0 Å². The highest BCUT2D eigenvalue weighted by Gasteiger charge is 2.35. The van der Waals surface area contributed by atoms with Gasteiger partial charge in [-0.3, -0.25) is 14.4 Å². The monoisotopic (exact) mass is 249 g/mol. The molecule has 0 fully saturated rings. The summed E-state index contributed by atoms with van der Waals surface area (Å²) in [5.41, 5.74) is 5.45. The summed E-state index contributed by atoms with van der Waals surface area (Å²) < 4.78 is 0. The van der Waals surface area contributed by atoms with E-state index in [2.05, 4.69) is 5.32 Å². The van der Waals surface area contributed by atoms with E-state index in [0.717, 1.165) is 0 Å². The minimum absolute atomic E-state index is 0.252. The number of nitrogens with two attached hydrogens (primary N) is 1. The van der Waals surface area contributed by atoms with Gasteiger partial charge in [-0.25, -0.2) is 0 Å². The molecule has 0 bridgehead atoms. The normalized spacial score (nSPS) is 11.9. The highest BCUT2D eigenvalue weighted by molar-refractivity contribution is 6.00. The molecular weight excluding hydrogens is 236 g/mol. The topological polar surface area (TPSA) is 109 Å². The molecule has 4 N–H and O–H groups in total. The number of carbonyl (C=O) groups excluding carboxylic acids is 2. The quantitative estimate of drug-likeness (QED) is 0.664. The minimum atomic E-state index is -1.36. The number of hydrogen-bond donors (Lipinski definition) is 3. The van der Waals surface area contributed by atoms with Crippen LogP contribution in [0, 0.1) is 5.92 Å². The molecule has 0 aliphatic carbocycles. The number of primary amides is 1. The van der Waals surface area contributed by atoms with Gasteiger partial charge < -0.3 is 16.2 Å². The van der Waals surface area contributed by atoms with Gasteiger partial charge in [-0.15, -0.1) is 0 Å². The van der Waals surface area contributed by atoms with Gasteiger partial charge in [-0.1, -0.05) is 30.3 Å². The molecule has 2 amide bonds. The molecule has 6 heteroatoms. The lowest BCUT2D eigenvalue weighted by Gasteiger charge is -2.21. The average molecular weight is 249 g/mol. The summed E-state index contributed by atoms with van der Waals surface area (Å²) in [4.78, 5) is 33.5. The third-order valence-corrected chi connectivity index (χ3v) is 2.24. The molecule has 1 aromatic rings. The van der Waals surface area contributed by atoms with Crippen molar-refractivity contribution in [1.82, 2.24) is 5.32 Å². The first-order chi connectivity index (χ1) is 8.43. The fourth-order valence-corrected chi connectivity index (χ4v) is 1.52. The summed E-state index contributed by atoms with van der Waals surface area (Å²) in [5, 5.41) is 11.4. The number of carboxylic acids is 1. The van der Waals surface area contributed by atoms with E-state index in [-0.39, 0.29) is 5.92 Å². The number of nitrogens with one attached hydrogen (secondary N) is 1. The van der Waals surface area contributed by atoms with Crippen LogP contribution in [0.25, 0.3) is 0 Å². The zero-order valence-corrected chi connectivity index (χ0v) is 9.71. The van der Waals surface area contributed by atoms with Crippen molar-refractivity contribution in [2.24, 2.45) is 5.73 Å². The predicted molar refractivity (Wildman–Crippen MR) is 63.2 cm³/mol. The van der Waals surface area contributed by atoms with Gasteiger partial charge in [0.05, 0.1) is 0 Å². The number of amides is 2. The standard InChI is InChI=1S/C12H13N2O4/c1-7(15)14-10(11(13)16)9(12(17)18)8-5-3-2-4-6-8/h2-6,10H,1H3,(H2,13,16)(H,14,15)(H,17,18). The van der Waals surface area contributed by atoms with Crippen LogP contribution in [0.2, 0.25) is 0 Å². The van der Waals surface area contributed by atoms with Crippen molar-refractivity contribution < 1.29 is 19.5 Å². The second-order valence-corrected chi connectivity index (χ2v) is 3.62. The zero-order valence-electron chi connectivity index (χ0n) is 9.71. The minimum Gasteiger partial charge on any atom is -0.480 e. The van der Waals surface area contributed by atoms with Crippen LogP contribution in [0.1, 0.15) is 12.5 Å². The molecule has 1 aromatic carbocycles. The molecular formula is C12H13N2O4. The highest BCUT2D eigenvalue weighted by Crippen LogP contribution is 2.19. The molecule has 0 heterocycles. The molecule has 0 aromatic heterocycles. The predicted octanol–water partition coefficient (Wildman–Crippen LogP) is -0.316. The van der Waals surface area contributed by atoms with Crippen LogP contribution in [0.15, 0.2) is 30.3 Å². The summed E-state index contributed by atoms with van der Waals surface area (Å²) in [6.07, 6.45) is 0. The molecule has 1 atom stereocenters. The van der Waals surface area contributed by atoms with Gasteiger partial charge in [0, 0.05) is 6.92 Å². The lowest BCUT2D eigenvalue weighted by molar-refractivity contribution is -0.137.